The Morgan fingerprint density at radius 1 is 0.850 bits per heavy atom. The topological polar surface area (TPSA) is 40.5 Å². The van der Waals surface area contributed by atoms with E-state index in [1.54, 1.807) is 0 Å². The summed E-state index contributed by atoms with van der Waals surface area (Å²) in [5.74, 6) is 0. The normalized spacial score (nSPS) is 22.1. The fourth-order valence-electron chi connectivity index (χ4n) is 3.28. The number of hydrogen-bond donors (Lipinski definition) is 2. The monoisotopic (exact) mass is 264 g/mol. The third-order valence-corrected chi connectivity index (χ3v) is 4.40. The van der Waals surface area contributed by atoms with Gasteiger partial charge in [-0.05, 0) is 51.6 Å². The molecule has 0 bridgehead atoms. The third kappa shape index (κ3) is 1.65. The molecule has 2 nitrogen and oxygen atoms in total. The van der Waals surface area contributed by atoms with Crippen molar-refractivity contribution >= 4 is 21.5 Å². The average Bonchev–Trinajstić information content (AvgIpc) is 2.49. The van der Waals surface area contributed by atoms with Gasteiger partial charge in [-0.25, -0.2) is 0 Å². The first-order valence-corrected chi connectivity index (χ1v) is 7.04. The van der Waals surface area contributed by atoms with Gasteiger partial charge in [0.25, 0.3) is 0 Å². The van der Waals surface area contributed by atoms with E-state index in [0.29, 0.717) is 6.42 Å². The van der Waals surface area contributed by atoms with Crippen LogP contribution in [0.1, 0.15) is 23.7 Å². The van der Waals surface area contributed by atoms with Gasteiger partial charge < -0.3 is 10.2 Å². The lowest BCUT2D eigenvalue weighted by Gasteiger charge is -2.27. The maximum atomic E-state index is 10.2. The quantitative estimate of drug-likeness (QED) is 0.611. The van der Waals surface area contributed by atoms with Crippen molar-refractivity contribution in [2.75, 3.05) is 0 Å². The predicted octanol–water partition coefficient (Wildman–Crippen LogP) is 3.33. The van der Waals surface area contributed by atoms with Gasteiger partial charge in [-0.15, -0.1) is 0 Å². The van der Waals surface area contributed by atoms with Gasteiger partial charge in [-0.2, -0.15) is 0 Å². The number of aliphatic hydroxyl groups excluding tert-OH is 2. The first-order valence-electron chi connectivity index (χ1n) is 7.04. The first kappa shape index (κ1) is 11.9. The molecule has 3 aromatic rings. The van der Waals surface area contributed by atoms with E-state index in [-0.39, 0.29) is 0 Å². The summed E-state index contributed by atoms with van der Waals surface area (Å²) < 4.78 is 0. The lowest BCUT2D eigenvalue weighted by atomic mass is 9.85. The Morgan fingerprint density at radius 3 is 2.55 bits per heavy atom. The summed E-state index contributed by atoms with van der Waals surface area (Å²) in [6, 6.07) is 16.8. The Labute approximate surface area is 117 Å². The second-order valence-electron chi connectivity index (χ2n) is 5.61. The standard InChI is InChI=1S/C18H16O2/c19-17-8-7-13-9-12-6-5-11-3-1-2-4-14(11)15(12)10-16(13)18(17)20/h1-6,9-10,17-20H,7-8H2/t17-,18+/m0/s1. The average molecular weight is 264 g/mol. The van der Waals surface area contributed by atoms with Crippen LogP contribution in [0, 0.1) is 0 Å². The Morgan fingerprint density at radius 2 is 1.65 bits per heavy atom. The molecule has 0 fully saturated rings. The van der Waals surface area contributed by atoms with Crippen molar-refractivity contribution in [2.24, 2.45) is 0 Å². The van der Waals surface area contributed by atoms with E-state index >= 15 is 0 Å². The summed E-state index contributed by atoms with van der Waals surface area (Å²) >= 11 is 0. The van der Waals surface area contributed by atoms with Crippen LogP contribution in [0.25, 0.3) is 21.5 Å². The summed E-state index contributed by atoms with van der Waals surface area (Å²) in [6.45, 7) is 0. The van der Waals surface area contributed by atoms with Crippen LogP contribution >= 0.6 is 0 Å². The predicted molar refractivity (Wildman–Crippen MR) is 80.7 cm³/mol. The molecule has 4 rings (SSSR count). The third-order valence-electron chi connectivity index (χ3n) is 4.40. The zero-order valence-electron chi connectivity index (χ0n) is 11.1. The lowest BCUT2D eigenvalue weighted by Crippen LogP contribution is -2.24. The van der Waals surface area contributed by atoms with Crippen LogP contribution in [0.15, 0.2) is 48.5 Å². The number of benzene rings is 3. The Bertz CT molecular complexity index is 807. The van der Waals surface area contributed by atoms with Crippen LogP contribution in [0.2, 0.25) is 0 Å². The maximum absolute atomic E-state index is 10.2. The van der Waals surface area contributed by atoms with Crippen LogP contribution in [0.3, 0.4) is 0 Å². The molecule has 0 radical (unpaired) electrons. The number of fused-ring (bicyclic) bond motifs is 4. The maximum Gasteiger partial charge on any atom is 0.105 e. The van der Waals surface area contributed by atoms with Crippen molar-refractivity contribution in [3.05, 3.63) is 59.7 Å². The van der Waals surface area contributed by atoms with E-state index in [4.69, 9.17) is 0 Å². The van der Waals surface area contributed by atoms with Crippen LogP contribution in [0.5, 0.6) is 0 Å². The minimum absolute atomic E-state index is 0.632. The largest absolute Gasteiger partial charge is 0.390 e. The SMILES string of the molecule is O[C@@H]1c2cc3c(ccc4ccccc43)cc2CC[C@@H]1O. The molecule has 0 unspecified atom stereocenters. The van der Waals surface area contributed by atoms with E-state index in [1.807, 2.05) is 12.1 Å². The van der Waals surface area contributed by atoms with E-state index in [0.717, 1.165) is 22.9 Å². The van der Waals surface area contributed by atoms with Gasteiger partial charge in [0.2, 0.25) is 0 Å². The highest BCUT2D eigenvalue weighted by Gasteiger charge is 2.26. The van der Waals surface area contributed by atoms with Crippen molar-refractivity contribution in [3.8, 4) is 0 Å². The minimum atomic E-state index is -0.762. The van der Waals surface area contributed by atoms with E-state index < -0.39 is 12.2 Å². The summed E-state index contributed by atoms with van der Waals surface area (Å²) in [5.41, 5.74) is 2.04. The molecule has 0 heterocycles. The molecule has 0 aliphatic heterocycles. The second-order valence-corrected chi connectivity index (χ2v) is 5.61. The molecule has 0 spiro atoms. The molecule has 1 aliphatic carbocycles. The van der Waals surface area contributed by atoms with Gasteiger partial charge in [0.1, 0.15) is 6.10 Å². The highest BCUT2D eigenvalue weighted by atomic mass is 16.3. The van der Waals surface area contributed by atoms with Crippen LogP contribution in [-0.4, -0.2) is 16.3 Å². The summed E-state index contributed by atoms with van der Waals surface area (Å²) in [6.07, 6.45) is 0.0564. The highest BCUT2D eigenvalue weighted by Crippen LogP contribution is 2.35. The number of aliphatic hydroxyl groups is 2. The van der Waals surface area contributed by atoms with Crippen molar-refractivity contribution in [2.45, 2.75) is 25.0 Å². The Hall–Kier alpha value is -1.90. The Balaban J connectivity index is 2.07. The minimum Gasteiger partial charge on any atom is -0.390 e. The molecule has 3 aromatic carbocycles. The Kier molecular flexibility index (Phi) is 2.56. The van der Waals surface area contributed by atoms with E-state index in [9.17, 15) is 10.2 Å². The molecule has 2 atom stereocenters. The smallest absolute Gasteiger partial charge is 0.105 e. The zero-order valence-corrected chi connectivity index (χ0v) is 11.1. The molecule has 2 N–H and O–H groups in total. The number of hydrogen-bond acceptors (Lipinski definition) is 2. The van der Waals surface area contributed by atoms with Crippen molar-refractivity contribution in [3.63, 3.8) is 0 Å². The van der Waals surface area contributed by atoms with Crippen LogP contribution in [-0.2, 0) is 6.42 Å². The summed E-state index contributed by atoms with van der Waals surface area (Å²) in [5, 5.41) is 24.8. The molecule has 0 amide bonds. The summed E-state index contributed by atoms with van der Waals surface area (Å²) in [7, 11) is 0. The zero-order chi connectivity index (χ0) is 13.7. The van der Waals surface area contributed by atoms with E-state index in [2.05, 4.69) is 36.4 Å². The molecular weight excluding hydrogens is 248 g/mol. The second kappa shape index (κ2) is 4.30. The lowest BCUT2D eigenvalue weighted by molar-refractivity contribution is 0.00661. The van der Waals surface area contributed by atoms with Gasteiger partial charge in [0, 0.05) is 0 Å². The molecule has 0 saturated heterocycles. The van der Waals surface area contributed by atoms with Crippen molar-refractivity contribution < 1.29 is 10.2 Å². The molecule has 100 valence electrons. The fourth-order valence-corrected chi connectivity index (χ4v) is 3.28. The molecule has 0 saturated carbocycles. The van der Waals surface area contributed by atoms with Gasteiger partial charge in [0.05, 0.1) is 6.10 Å². The summed E-state index contributed by atoms with van der Waals surface area (Å²) in [4.78, 5) is 0. The highest BCUT2D eigenvalue weighted by molar-refractivity contribution is 6.07. The molecule has 0 aromatic heterocycles. The van der Waals surface area contributed by atoms with E-state index in [1.165, 1.54) is 16.2 Å². The molecule has 1 aliphatic rings. The van der Waals surface area contributed by atoms with Gasteiger partial charge in [0.15, 0.2) is 0 Å². The molecular formula is C18H16O2. The number of rotatable bonds is 0. The molecule has 2 heteroatoms. The first-order chi connectivity index (χ1) is 9.74. The van der Waals surface area contributed by atoms with Gasteiger partial charge in [-0.3, -0.25) is 0 Å². The van der Waals surface area contributed by atoms with Gasteiger partial charge in [-0.1, -0.05) is 42.5 Å². The van der Waals surface area contributed by atoms with Crippen LogP contribution < -0.4 is 0 Å². The molecule has 20 heavy (non-hydrogen) atoms. The van der Waals surface area contributed by atoms with Gasteiger partial charge >= 0.3 is 0 Å². The van der Waals surface area contributed by atoms with Crippen molar-refractivity contribution in [1.29, 1.82) is 0 Å². The van der Waals surface area contributed by atoms with Crippen LogP contribution in [0.4, 0.5) is 0 Å². The fraction of sp³-hybridized carbons (Fsp3) is 0.222. The van der Waals surface area contributed by atoms with Crippen molar-refractivity contribution in [1.82, 2.24) is 0 Å². The number of aryl methyl sites for hydroxylation is 1.